The Morgan fingerprint density at radius 2 is 1.90 bits per heavy atom. The highest BCUT2D eigenvalue weighted by Crippen LogP contribution is 2.32. The number of fused-ring (bicyclic) bond motifs is 1. The van der Waals surface area contributed by atoms with E-state index in [9.17, 15) is 4.79 Å². The maximum absolute atomic E-state index is 12.7. The molecule has 29 heavy (non-hydrogen) atoms. The third kappa shape index (κ3) is 4.76. The van der Waals surface area contributed by atoms with Gasteiger partial charge in [0.15, 0.2) is 11.5 Å². The van der Waals surface area contributed by atoms with E-state index in [1.54, 1.807) is 12.4 Å². The third-order valence-electron chi connectivity index (χ3n) is 5.07. The van der Waals surface area contributed by atoms with Crippen molar-refractivity contribution in [3.05, 3.63) is 41.9 Å². The van der Waals surface area contributed by atoms with Crippen molar-refractivity contribution in [1.82, 2.24) is 19.8 Å². The molecule has 0 bridgehead atoms. The van der Waals surface area contributed by atoms with Gasteiger partial charge in [-0.05, 0) is 23.6 Å². The number of hydrogen-bond acceptors (Lipinski definition) is 7. The predicted octanol–water partition coefficient (Wildman–Crippen LogP) is 2.23. The molecule has 154 valence electrons. The van der Waals surface area contributed by atoms with Gasteiger partial charge in [0.1, 0.15) is 11.5 Å². The highest BCUT2D eigenvalue weighted by molar-refractivity contribution is 5.92. The van der Waals surface area contributed by atoms with Gasteiger partial charge in [0.05, 0.1) is 12.4 Å². The summed E-state index contributed by atoms with van der Waals surface area (Å²) in [6, 6.07) is 6.05. The Bertz CT molecular complexity index is 848. The molecule has 1 aromatic carbocycles. The van der Waals surface area contributed by atoms with Gasteiger partial charge in [-0.3, -0.25) is 9.69 Å². The second-order valence-electron chi connectivity index (χ2n) is 7.82. The van der Waals surface area contributed by atoms with E-state index in [1.807, 2.05) is 17.0 Å². The summed E-state index contributed by atoms with van der Waals surface area (Å²) < 4.78 is 10.8. The summed E-state index contributed by atoms with van der Waals surface area (Å²) in [6.45, 7) is 9.20. The van der Waals surface area contributed by atoms with Crippen LogP contribution in [-0.2, 0) is 6.54 Å². The first-order valence-electron chi connectivity index (χ1n) is 10.0. The molecule has 2 aliphatic heterocycles. The normalized spacial score (nSPS) is 16.3. The molecule has 1 fully saturated rings. The largest absolute Gasteiger partial charge is 0.454 e. The third-order valence-corrected chi connectivity index (χ3v) is 5.07. The summed E-state index contributed by atoms with van der Waals surface area (Å²) in [5.74, 6) is 2.77. The number of rotatable bonds is 6. The van der Waals surface area contributed by atoms with Crippen LogP contribution in [0.25, 0.3) is 0 Å². The van der Waals surface area contributed by atoms with Crippen molar-refractivity contribution in [2.75, 3.05) is 44.8 Å². The lowest BCUT2D eigenvalue weighted by atomic mass is 10.1. The van der Waals surface area contributed by atoms with Crippen LogP contribution in [0.15, 0.2) is 30.6 Å². The molecule has 1 amide bonds. The molecule has 0 saturated carbocycles. The molecule has 1 N–H and O–H groups in total. The molecule has 0 atom stereocenters. The van der Waals surface area contributed by atoms with Gasteiger partial charge in [-0.15, -0.1) is 0 Å². The SMILES string of the molecule is CC(C)CNc1cnc(C(=O)N2CCN(Cc3ccc4c(c3)OCO4)CC2)cn1. The standard InChI is InChI=1S/C21H27N5O3/c1-15(2)10-23-20-12-22-17(11-24-20)21(27)26-7-5-25(6-8-26)13-16-3-4-18-19(9-16)29-14-28-18/h3-4,9,11-12,15H,5-8,10,13-14H2,1-2H3,(H,23,24). The number of nitrogens with zero attached hydrogens (tertiary/aromatic N) is 4. The molecule has 1 aromatic heterocycles. The minimum Gasteiger partial charge on any atom is -0.454 e. The fraction of sp³-hybridized carbons (Fsp3) is 0.476. The molecule has 2 aromatic rings. The number of anilines is 1. The smallest absolute Gasteiger partial charge is 0.274 e. The van der Waals surface area contributed by atoms with Gasteiger partial charge in [-0.25, -0.2) is 9.97 Å². The minimum absolute atomic E-state index is 0.0596. The number of ether oxygens (including phenoxy) is 2. The van der Waals surface area contributed by atoms with E-state index in [2.05, 4.69) is 40.1 Å². The number of hydrogen-bond donors (Lipinski definition) is 1. The molecule has 8 nitrogen and oxygen atoms in total. The van der Waals surface area contributed by atoms with Crippen molar-refractivity contribution >= 4 is 11.7 Å². The van der Waals surface area contributed by atoms with Crippen molar-refractivity contribution in [3.8, 4) is 11.5 Å². The molecule has 0 aliphatic carbocycles. The zero-order valence-electron chi connectivity index (χ0n) is 16.9. The summed E-state index contributed by atoms with van der Waals surface area (Å²) in [4.78, 5) is 25.5. The van der Waals surface area contributed by atoms with Crippen LogP contribution in [0.1, 0.15) is 29.9 Å². The lowest BCUT2D eigenvalue weighted by molar-refractivity contribution is 0.0622. The van der Waals surface area contributed by atoms with Crippen LogP contribution in [0.5, 0.6) is 11.5 Å². The Hall–Kier alpha value is -2.87. The lowest BCUT2D eigenvalue weighted by Crippen LogP contribution is -2.48. The average molecular weight is 397 g/mol. The molecular formula is C21H27N5O3. The maximum Gasteiger partial charge on any atom is 0.274 e. The van der Waals surface area contributed by atoms with Crippen LogP contribution in [0.3, 0.4) is 0 Å². The Morgan fingerprint density at radius 3 is 2.62 bits per heavy atom. The van der Waals surface area contributed by atoms with Gasteiger partial charge in [-0.1, -0.05) is 19.9 Å². The van der Waals surface area contributed by atoms with Crippen LogP contribution in [0, 0.1) is 5.92 Å². The molecular weight excluding hydrogens is 370 g/mol. The number of nitrogens with one attached hydrogen (secondary N) is 1. The first-order chi connectivity index (χ1) is 14.1. The lowest BCUT2D eigenvalue weighted by Gasteiger charge is -2.34. The molecule has 2 aliphatic rings. The summed E-state index contributed by atoms with van der Waals surface area (Å²) in [5.41, 5.74) is 1.58. The number of amides is 1. The summed E-state index contributed by atoms with van der Waals surface area (Å²) >= 11 is 0. The fourth-order valence-corrected chi connectivity index (χ4v) is 3.41. The topological polar surface area (TPSA) is 79.8 Å². The van der Waals surface area contributed by atoms with Crippen molar-refractivity contribution in [2.24, 2.45) is 5.92 Å². The van der Waals surface area contributed by atoms with Crippen molar-refractivity contribution in [1.29, 1.82) is 0 Å². The van der Waals surface area contributed by atoms with Gasteiger partial charge in [0.2, 0.25) is 6.79 Å². The summed E-state index contributed by atoms with van der Waals surface area (Å²) in [7, 11) is 0. The molecule has 0 radical (unpaired) electrons. The number of carbonyl (C=O) groups excluding carboxylic acids is 1. The summed E-state index contributed by atoms with van der Waals surface area (Å²) in [6.07, 6.45) is 3.19. The van der Waals surface area contributed by atoms with E-state index >= 15 is 0 Å². The Morgan fingerprint density at radius 1 is 1.10 bits per heavy atom. The highest BCUT2D eigenvalue weighted by atomic mass is 16.7. The quantitative estimate of drug-likeness (QED) is 0.801. The van der Waals surface area contributed by atoms with Gasteiger partial charge in [0, 0.05) is 39.3 Å². The molecule has 3 heterocycles. The van der Waals surface area contributed by atoms with Crippen LogP contribution in [-0.4, -0.2) is 65.2 Å². The number of piperazine rings is 1. The second-order valence-corrected chi connectivity index (χ2v) is 7.82. The Kier molecular flexibility index (Phi) is 5.80. The molecule has 1 saturated heterocycles. The van der Waals surface area contributed by atoms with Gasteiger partial charge in [0.25, 0.3) is 5.91 Å². The van der Waals surface area contributed by atoms with Crippen LogP contribution in [0.4, 0.5) is 5.82 Å². The zero-order chi connectivity index (χ0) is 20.2. The minimum atomic E-state index is -0.0596. The van der Waals surface area contributed by atoms with Crippen LogP contribution < -0.4 is 14.8 Å². The van der Waals surface area contributed by atoms with Gasteiger partial charge < -0.3 is 19.7 Å². The van der Waals surface area contributed by atoms with E-state index in [4.69, 9.17) is 9.47 Å². The van der Waals surface area contributed by atoms with E-state index in [0.717, 1.165) is 37.7 Å². The second kappa shape index (κ2) is 8.65. The van der Waals surface area contributed by atoms with E-state index in [-0.39, 0.29) is 12.7 Å². The van der Waals surface area contributed by atoms with Gasteiger partial charge >= 0.3 is 0 Å². The maximum atomic E-state index is 12.7. The number of carbonyl (C=O) groups is 1. The first-order valence-corrected chi connectivity index (χ1v) is 10.0. The first kappa shape index (κ1) is 19.4. The highest BCUT2D eigenvalue weighted by Gasteiger charge is 2.24. The van der Waals surface area contributed by atoms with Crippen molar-refractivity contribution < 1.29 is 14.3 Å². The monoisotopic (exact) mass is 397 g/mol. The average Bonchev–Trinajstić information content (AvgIpc) is 3.20. The van der Waals surface area contributed by atoms with Gasteiger partial charge in [-0.2, -0.15) is 0 Å². The van der Waals surface area contributed by atoms with Crippen molar-refractivity contribution in [2.45, 2.75) is 20.4 Å². The zero-order valence-corrected chi connectivity index (χ0v) is 16.9. The van der Waals surface area contributed by atoms with Crippen LogP contribution in [0.2, 0.25) is 0 Å². The predicted molar refractivity (Wildman–Crippen MR) is 109 cm³/mol. The van der Waals surface area contributed by atoms with Crippen molar-refractivity contribution in [3.63, 3.8) is 0 Å². The molecule has 4 rings (SSSR count). The van der Waals surface area contributed by atoms with E-state index in [0.29, 0.717) is 30.5 Å². The molecule has 8 heteroatoms. The van der Waals surface area contributed by atoms with Crippen LogP contribution >= 0.6 is 0 Å². The molecule has 0 unspecified atom stereocenters. The van der Waals surface area contributed by atoms with E-state index < -0.39 is 0 Å². The fourth-order valence-electron chi connectivity index (χ4n) is 3.41. The Labute approximate surface area is 170 Å². The number of aromatic nitrogens is 2. The summed E-state index contributed by atoms with van der Waals surface area (Å²) in [5, 5.41) is 3.21. The number of benzene rings is 1. The van der Waals surface area contributed by atoms with E-state index in [1.165, 1.54) is 5.56 Å². The Balaban J connectivity index is 1.28. The molecule has 0 spiro atoms.